The Hall–Kier alpha value is -4.05. The van der Waals surface area contributed by atoms with Gasteiger partial charge in [0.15, 0.2) is 6.10 Å². The number of methoxy groups -OCH3 is 2. The summed E-state index contributed by atoms with van der Waals surface area (Å²) < 4.78 is 44.7. The van der Waals surface area contributed by atoms with Gasteiger partial charge in [0.05, 0.1) is 12.7 Å². The van der Waals surface area contributed by atoms with Gasteiger partial charge in [0.2, 0.25) is 0 Å². The highest BCUT2D eigenvalue weighted by Gasteiger charge is 2.28. The minimum Gasteiger partial charge on any atom is -0.497 e. The van der Waals surface area contributed by atoms with Gasteiger partial charge in [0.1, 0.15) is 35.6 Å². The van der Waals surface area contributed by atoms with Crippen LogP contribution in [0.4, 0.5) is 8.78 Å². The van der Waals surface area contributed by atoms with E-state index in [0.717, 1.165) is 17.7 Å². The first-order valence-electron chi connectivity index (χ1n) is 10.2. The first kappa shape index (κ1) is 24.6. The van der Waals surface area contributed by atoms with Gasteiger partial charge in [-0.2, -0.15) is 0 Å². The second-order valence-corrected chi connectivity index (χ2v) is 7.22. The Morgan fingerprint density at radius 3 is 2.50 bits per heavy atom. The number of amides is 1. The van der Waals surface area contributed by atoms with E-state index in [9.17, 15) is 13.6 Å². The van der Waals surface area contributed by atoms with Crippen molar-refractivity contribution >= 4 is 11.7 Å². The minimum atomic E-state index is -1.53. The lowest BCUT2D eigenvalue weighted by Gasteiger charge is -2.19. The van der Waals surface area contributed by atoms with Gasteiger partial charge in [-0.25, -0.2) is 8.78 Å². The van der Waals surface area contributed by atoms with Gasteiger partial charge in [-0.05, 0) is 12.1 Å². The van der Waals surface area contributed by atoms with Crippen LogP contribution >= 0.6 is 0 Å². The number of ether oxygens (including phenoxy) is 3. The van der Waals surface area contributed by atoms with E-state index in [1.54, 1.807) is 36.7 Å². The molecule has 1 heterocycles. The van der Waals surface area contributed by atoms with Crippen LogP contribution in [0.3, 0.4) is 0 Å². The van der Waals surface area contributed by atoms with Gasteiger partial charge in [0.25, 0.3) is 5.91 Å². The lowest BCUT2D eigenvalue weighted by Crippen LogP contribution is -2.31. The van der Waals surface area contributed by atoms with Gasteiger partial charge < -0.3 is 25.3 Å². The molecule has 3 rings (SSSR count). The summed E-state index contributed by atoms with van der Waals surface area (Å²) in [6.07, 6.45) is 1.76. The predicted octanol–water partition coefficient (Wildman–Crippen LogP) is 3.24. The molecule has 0 aliphatic heterocycles. The second-order valence-electron chi connectivity index (χ2n) is 7.22. The lowest BCUT2D eigenvalue weighted by atomic mass is 10.1. The fourth-order valence-electron chi connectivity index (χ4n) is 3.21. The highest BCUT2D eigenvalue weighted by atomic mass is 19.1. The third kappa shape index (κ3) is 5.84. The Kier molecular flexibility index (Phi) is 8.10. The molecule has 178 valence electrons. The van der Waals surface area contributed by atoms with Crippen LogP contribution in [0.15, 0.2) is 54.9 Å². The Bertz CT molecular complexity index is 1150. The average Bonchev–Trinajstić information content (AvgIpc) is 2.84. The number of carbonyl (C=O) groups excluding carboxylic acids is 1. The minimum absolute atomic E-state index is 0.0185. The summed E-state index contributed by atoms with van der Waals surface area (Å²) in [6.45, 7) is 0.164. The number of pyridine rings is 1. The Morgan fingerprint density at radius 1 is 1.18 bits per heavy atom. The van der Waals surface area contributed by atoms with Gasteiger partial charge in [-0.1, -0.05) is 18.2 Å². The van der Waals surface area contributed by atoms with Crippen LogP contribution in [0, 0.1) is 17.0 Å². The Labute approximate surface area is 195 Å². The second kappa shape index (κ2) is 11.2. The number of aromatic nitrogens is 1. The van der Waals surface area contributed by atoms with Crippen molar-refractivity contribution in [2.75, 3.05) is 14.2 Å². The van der Waals surface area contributed by atoms with Crippen molar-refractivity contribution in [3.05, 3.63) is 88.7 Å². The number of hydrogen-bond donors (Lipinski definition) is 3. The summed E-state index contributed by atoms with van der Waals surface area (Å²) in [4.78, 5) is 16.8. The predicted molar refractivity (Wildman–Crippen MR) is 121 cm³/mol. The van der Waals surface area contributed by atoms with E-state index in [0.29, 0.717) is 16.9 Å². The van der Waals surface area contributed by atoms with E-state index in [4.69, 9.17) is 25.4 Å². The van der Waals surface area contributed by atoms with Crippen molar-refractivity contribution in [2.24, 2.45) is 5.73 Å². The summed E-state index contributed by atoms with van der Waals surface area (Å²) in [5.74, 6) is -2.47. The van der Waals surface area contributed by atoms with Gasteiger partial charge in [-0.15, -0.1) is 0 Å². The summed E-state index contributed by atoms with van der Waals surface area (Å²) in [5.41, 5.74) is 6.87. The SMILES string of the molecule is COc1cc(F)c([C@H](OC)C(=O)NCc2ccc(C(=N)N)cc2OCc2cccnc2)c(F)c1. The zero-order valence-corrected chi connectivity index (χ0v) is 18.6. The van der Waals surface area contributed by atoms with Crippen LogP contribution in [0.25, 0.3) is 0 Å². The number of nitrogens with two attached hydrogens (primary N) is 1. The van der Waals surface area contributed by atoms with E-state index >= 15 is 0 Å². The molecule has 8 nitrogen and oxygen atoms in total. The quantitative estimate of drug-likeness (QED) is 0.309. The van der Waals surface area contributed by atoms with Crippen molar-refractivity contribution in [3.63, 3.8) is 0 Å². The van der Waals surface area contributed by atoms with Crippen LogP contribution in [0.5, 0.6) is 11.5 Å². The number of rotatable bonds is 10. The fourth-order valence-corrected chi connectivity index (χ4v) is 3.21. The number of amidine groups is 1. The normalized spacial score (nSPS) is 11.5. The van der Waals surface area contributed by atoms with E-state index in [1.807, 2.05) is 6.07 Å². The molecule has 10 heteroatoms. The summed E-state index contributed by atoms with van der Waals surface area (Å²) in [5, 5.41) is 10.3. The third-order valence-corrected chi connectivity index (χ3v) is 4.97. The monoisotopic (exact) mass is 470 g/mol. The maximum absolute atomic E-state index is 14.5. The molecule has 1 amide bonds. The number of halogens is 2. The zero-order chi connectivity index (χ0) is 24.7. The van der Waals surface area contributed by atoms with Crippen molar-refractivity contribution in [3.8, 4) is 11.5 Å². The van der Waals surface area contributed by atoms with E-state index in [1.165, 1.54) is 14.2 Å². The molecule has 34 heavy (non-hydrogen) atoms. The molecule has 3 aromatic rings. The van der Waals surface area contributed by atoms with Crippen molar-refractivity contribution in [1.82, 2.24) is 10.3 Å². The fraction of sp³-hybridized carbons (Fsp3) is 0.208. The number of nitrogens with one attached hydrogen (secondary N) is 2. The maximum atomic E-state index is 14.5. The number of carbonyl (C=O) groups is 1. The summed E-state index contributed by atoms with van der Waals surface area (Å²) in [6, 6.07) is 10.4. The van der Waals surface area contributed by atoms with Crippen molar-refractivity contribution < 1.29 is 27.8 Å². The van der Waals surface area contributed by atoms with E-state index in [-0.39, 0.29) is 24.7 Å². The molecule has 0 radical (unpaired) electrons. The number of hydrogen-bond acceptors (Lipinski definition) is 6. The Balaban J connectivity index is 1.79. The molecule has 1 aromatic heterocycles. The molecule has 2 aromatic carbocycles. The Morgan fingerprint density at radius 2 is 1.91 bits per heavy atom. The van der Waals surface area contributed by atoms with Crippen LogP contribution in [-0.2, 0) is 22.7 Å². The molecule has 0 fully saturated rings. The molecular weight excluding hydrogens is 446 g/mol. The molecule has 0 aliphatic rings. The number of benzene rings is 2. The van der Waals surface area contributed by atoms with Gasteiger partial charge >= 0.3 is 0 Å². The van der Waals surface area contributed by atoms with Crippen molar-refractivity contribution in [2.45, 2.75) is 19.3 Å². The van der Waals surface area contributed by atoms with Crippen LogP contribution in [0.1, 0.15) is 28.4 Å². The standard InChI is InChI=1S/C24H24F2N4O4/c1-32-17-9-18(25)21(19(26)10-17)22(33-2)24(31)30-12-16-6-5-15(23(27)28)8-20(16)34-13-14-4-3-7-29-11-14/h3-11,22H,12-13H2,1-2H3,(H3,27,28)(H,30,31)/t22-/m0/s1. The van der Waals surface area contributed by atoms with Crippen molar-refractivity contribution in [1.29, 1.82) is 5.41 Å². The third-order valence-electron chi connectivity index (χ3n) is 4.97. The first-order valence-corrected chi connectivity index (χ1v) is 10.2. The van der Waals surface area contributed by atoms with Crippen LogP contribution in [0.2, 0.25) is 0 Å². The summed E-state index contributed by atoms with van der Waals surface area (Å²) >= 11 is 0. The lowest BCUT2D eigenvalue weighted by molar-refractivity contribution is -0.131. The zero-order valence-electron chi connectivity index (χ0n) is 18.6. The highest BCUT2D eigenvalue weighted by Crippen LogP contribution is 2.28. The molecule has 4 N–H and O–H groups in total. The van der Waals surface area contributed by atoms with E-state index < -0.39 is 29.2 Å². The van der Waals surface area contributed by atoms with Crippen LogP contribution < -0.4 is 20.5 Å². The molecule has 0 unspecified atom stereocenters. The maximum Gasteiger partial charge on any atom is 0.254 e. The molecule has 0 spiro atoms. The van der Waals surface area contributed by atoms with Crippen LogP contribution in [-0.4, -0.2) is 30.9 Å². The summed E-state index contributed by atoms with van der Waals surface area (Å²) in [7, 11) is 2.46. The molecule has 1 atom stereocenters. The molecular formula is C24H24F2N4O4. The number of nitrogen functional groups attached to an aromatic ring is 1. The first-order chi connectivity index (χ1) is 16.3. The molecule has 0 bridgehead atoms. The largest absolute Gasteiger partial charge is 0.497 e. The average molecular weight is 470 g/mol. The van der Waals surface area contributed by atoms with Gasteiger partial charge in [-0.3, -0.25) is 15.2 Å². The molecule has 0 aliphatic carbocycles. The van der Waals surface area contributed by atoms with E-state index in [2.05, 4.69) is 10.3 Å². The highest BCUT2D eigenvalue weighted by molar-refractivity contribution is 5.95. The van der Waals surface area contributed by atoms with Gasteiger partial charge in [0, 0.05) is 54.9 Å². The topological polar surface area (TPSA) is 120 Å². The number of nitrogens with zero attached hydrogens (tertiary/aromatic N) is 1. The smallest absolute Gasteiger partial charge is 0.254 e. The molecule has 0 saturated carbocycles. The molecule has 0 saturated heterocycles.